The van der Waals surface area contributed by atoms with Crippen LogP contribution in [-0.2, 0) is 6.61 Å². The molecule has 0 aliphatic heterocycles. The smallest absolute Gasteiger partial charge is 0.270 e. The number of ether oxygens (including phenoxy) is 1. The summed E-state index contributed by atoms with van der Waals surface area (Å²) in [6, 6.07) is 16.8. The number of benzene rings is 3. The number of nitriles is 1. The summed E-state index contributed by atoms with van der Waals surface area (Å²) in [5.41, 5.74) is 1.42. The van der Waals surface area contributed by atoms with Gasteiger partial charge >= 0.3 is 0 Å². The lowest BCUT2D eigenvalue weighted by Gasteiger charge is -2.11. The van der Waals surface area contributed by atoms with Gasteiger partial charge in [0.05, 0.1) is 31.5 Å². The predicted octanol–water partition coefficient (Wildman–Crippen LogP) is 6.45. The van der Waals surface area contributed by atoms with Gasteiger partial charge in [0.15, 0.2) is 5.75 Å². The summed E-state index contributed by atoms with van der Waals surface area (Å²) in [5, 5.41) is 31.7. The van der Waals surface area contributed by atoms with Crippen LogP contribution in [0.2, 0.25) is 10.0 Å². The minimum absolute atomic E-state index is 0.00738. The standard InChI is InChI=1S/C22H13Cl2N3O5/c23-20-9-15(7-17(12-25)16-4-2-6-19(11-16)27(30)31)10-21(24)22(20)32-13-14-3-1-5-18(8-14)26(28)29/h1-11H,13H2. The van der Waals surface area contributed by atoms with E-state index in [1.165, 1.54) is 48.5 Å². The molecule has 0 bridgehead atoms. The summed E-state index contributed by atoms with van der Waals surface area (Å²) in [4.78, 5) is 20.8. The zero-order chi connectivity index (χ0) is 23.3. The SMILES string of the molecule is N#CC(=Cc1cc(Cl)c(OCc2cccc([N+](=O)[O-])c2)c(Cl)c1)c1cccc([N+](=O)[O-])c1. The highest BCUT2D eigenvalue weighted by Crippen LogP contribution is 2.36. The lowest BCUT2D eigenvalue weighted by Crippen LogP contribution is -1.98. The molecule has 160 valence electrons. The monoisotopic (exact) mass is 469 g/mol. The number of non-ortho nitro benzene ring substituents is 2. The van der Waals surface area contributed by atoms with Crippen LogP contribution in [0.1, 0.15) is 16.7 Å². The van der Waals surface area contributed by atoms with Gasteiger partial charge in [0, 0.05) is 24.3 Å². The quantitative estimate of drug-likeness (QED) is 0.169. The van der Waals surface area contributed by atoms with E-state index in [0.29, 0.717) is 16.7 Å². The third-order valence-corrected chi connectivity index (χ3v) is 4.89. The van der Waals surface area contributed by atoms with Crippen molar-refractivity contribution in [3.05, 3.63) is 108 Å². The maximum absolute atomic E-state index is 11.0. The van der Waals surface area contributed by atoms with Gasteiger partial charge in [0.2, 0.25) is 0 Å². The number of hydrogen-bond acceptors (Lipinski definition) is 6. The summed E-state index contributed by atoms with van der Waals surface area (Å²) in [6.45, 7) is 0.00738. The molecular formula is C22H13Cl2N3O5. The van der Waals surface area contributed by atoms with Crippen LogP contribution < -0.4 is 4.74 Å². The Kier molecular flexibility index (Phi) is 7.05. The van der Waals surface area contributed by atoms with E-state index >= 15 is 0 Å². The van der Waals surface area contributed by atoms with Crippen LogP contribution in [0, 0.1) is 31.6 Å². The molecule has 0 saturated heterocycles. The summed E-state index contributed by atoms with van der Waals surface area (Å²) in [5.74, 6) is 0.186. The number of halogens is 2. The molecule has 0 aromatic heterocycles. The summed E-state index contributed by atoms with van der Waals surface area (Å²) in [7, 11) is 0. The fourth-order valence-electron chi connectivity index (χ4n) is 2.85. The Hall–Kier alpha value is -3.93. The van der Waals surface area contributed by atoms with Gasteiger partial charge in [0.25, 0.3) is 11.4 Å². The van der Waals surface area contributed by atoms with Crippen molar-refractivity contribution in [1.29, 1.82) is 5.26 Å². The van der Waals surface area contributed by atoms with Crippen molar-refractivity contribution in [2.45, 2.75) is 6.61 Å². The van der Waals surface area contributed by atoms with E-state index in [4.69, 9.17) is 27.9 Å². The average Bonchev–Trinajstić information content (AvgIpc) is 2.77. The van der Waals surface area contributed by atoms with Crippen molar-refractivity contribution in [3.63, 3.8) is 0 Å². The summed E-state index contributed by atoms with van der Waals surface area (Å²) in [6.07, 6.45) is 1.50. The van der Waals surface area contributed by atoms with Crippen molar-refractivity contribution in [3.8, 4) is 11.8 Å². The van der Waals surface area contributed by atoms with Crippen LogP contribution >= 0.6 is 23.2 Å². The minimum Gasteiger partial charge on any atom is -0.486 e. The van der Waals surface area contributed by atoms with Crippen LogP contribution in [0.3, 0.4) is 0 Å². The molecule has 0 fully saturated rings. The molecule has 3 rings (SSSR count). The Labute approximate surface area is 192 Å². The fourth-order valence-corrected chi connectivity index (χ4v) is 3.46. The van der Waals surface area contributed by atoms with Gasteiger partial charge < -0.3 is 4.74 Å². The fraction of sp³-hybridized carbons (Fsp3) is 0.0455. The molecule has 0 amide bonds. The lowest BCUT2D eigenvalue weighted by atomic mass is 10.0. The van der Waals surface area contributed by atoms with Crippen LogP contribution in [0.4, 0.5) is 11.4 Å². The molecule has 3 aromatic carbocycles. The Morgan fingerprint density at radius 1 is 0.969 bits per heavy atom. The van der Waals surface area contributed by atoms with Gasteiger partial charge in [-0.25, -0.2) is 0 Å². The normalized spacial score (nSPS) is 11.0. The number of hydrogen-bond donors (Lipinski definition) is 0. The molecule has 0 radical (unpaired) electrons. The first-order valence-electron chi connectivity index (χ1n) is 9.00. The zero-order valence-corrected chi connectivity index (χ0v) is 17.7. The maximum Gasteiger partial charge on any atom is 0.270 e. The second-order valence-electron chi connectivity index (χ2n) is 6.51. The van der Waals surface area contributed by atoms with Crippen LogP contribution in [0.15, 0.2) is 60.7 Å². The van der Waals surface area contributed by atoms with Crippen molar-refractivity contribution in [2.75, 3.05) is 0 Å². The maximum atomic E-state index is 11.0. The summed E-state index contributed by atoms with van der Waals surface area (Å²) >= 11 is 12.6. The van der Waals surface area contributed by atoms with Crippen molar-refractivity contribution < 1.29 is 14.6 Å². The van der Waals surface area contributed by atoms with E-state index in [1.54, 1.807) is 18.2 Å². The first-order valence-corrected chi connectivity index (χ1v) is 9.76. The Balaban J connectivity index is 1.85. The third-order valence-electron chi connectivity index (χ3n) is 4.32. The van der Waals surface area contributed by atoms with Gasteiger partial charge in [-0.2, -0.15) is 5.26 Å². The molecule has 0 spiro atoms. The van der Waals surface area contributed by atoms with Crippen molar-refractivity contribution in [2.24, 2.45) is 0 Å². The number of nitrogens with zero attached hydrogens (tertiary/aromatic N) is 3. The molecule has 8 nitrogen and oxygen atoms in total. The number of nitro groups is 2. The predicted molar refractivity (Wildman–Crippen MR) is 120 cm³/mol. The number of allylic oxidation sites excluding steroid dienone is 1. The van der Waals surface area contributed by atoms with Gasteiger partial charge in [-0.05, 0) is 34.9 Å². The van der Waals surface area contributed by atoms with E-state index in [9.17, 15) is 25.5 Å². The number of nitro benzene ring substituents is 2. The second kappa shape index (κ2) is 9.92. The Morgan fingerprint density at radius 3 is 2.16 bits per heavy atom. The molecule has 0 saturated carbocycles. The molecule has 3 aromatic rings. The van der Waals surface area contributed by atoms with Crippen LogP contribution in [0.5, 0.6) is 5.75 Å². The van der Waals surface area contributed by atoms with Crippen molar-refractivity contribution >= 4 is 46.2 Å². The van der Waals surface area contributed by atoms with E-state index in [1.807, 2.05) is 6.07 Å². The molecule has 0 atom stereocenters. The van der Waals surface area contributed by atoms with Gasteiger partial charge in [-0.1, -0.05) is 47.5 Å². The highest BCUT2D eigenvalue weighted by atomic mass is 35.5. The van der Waals surface area contributed by atoms with Gasteiger partial charge in [-0.15, -0.1) is 0 Å². The second-order valence-corrected chi connectivity index (χ2v) is 7.32. The van der Waals surface area contributed by atoms with Crippen LogP contribution in [-0.4, -0.2) is 9.85 Å². The highest BCUT2D eigenvalue weighted by molar-refractivity contribution is 6.37. The molecule has 10 heteroatoms. The van der Waals surface area contributed by atoms with E-state index in [0.717, 1.165) is 0 Å². The first-order chi connectivity index (χ1) is 15.3. The highest BCUT2D eigenvalue weighted by Gasteiger charge is 2.13. The number of rotatable bonds is 7. The molecular weight excluding hydrogens is 457 g/mol. The third kappa shape index (κ3) is 5.40. The van der Waals surface area contributed by atoms with Gasteiger partial charge in [0.1, 0.15) is 6.61 Å². The Bertz CT molecular complexity index is 1260. The Morgan fingerprint density at radius 2 is 1.56 bits per heavy atom. The van der Waals surface area contributed by atoms with E-state index in [-0.39, 0.29) is 39.3 Å². The van der Waals surface area contributed by atoms with Crippen LogP contribution in [0.25, 0.3) is 11.6 Å². The average molecular weight is 470 g/mol. The molecule has 32 heavy (non-hydrogen) atoms. The first kappa shape index (κ1) is 22.7. The molecule has 0 aliphatic carbocycles. The molecule has 0 aliphatic rings. The van der Waals surface area contributed by atoms with Gasteiger partial charge in [-0.3, -0.25) is 20.2 Å². The van der Waals surface area contributed by atoms with E-state index < -0.39 is 9.85 Å². The van der Waals surface area contributed by atoms with Crippen molar-refractivity contribution in [1.82, 2.24) is 0 Å². The summed E-state index contributed by atoms with van der Waals surface area (Å²) < 4.78 is 5.65. The zero-order valence-electron chi connectivity index (χ0n) is 16.2. The largest absolute Gasteiger partial charge is 0.486 e. The minimum atomic E-state index is -0.542. The van der Waals surface area contributed by atoms with E-state index in [2.05, 4.69) is 0 Å². The topological polar surface area (TPSA) is 119 Å². The molecule has 0 unspecified atom stereocenters. The lowest BCUT2D eigenvalue weighted by molar-refractivity contribution is -0.385. The molecule has 0 N–H and O–H groups in total. The molecule has 0 heterocycles.